The molecule has 2 aromatic heterocycles. The maximum absolute atomic E-state index is 13.1. The number of nitrogens with zero attached hydrogens (tertiary/aromatic N) is 4. The zero-order valence-corrected chi connectivity index (χ0v) is 19.6. The summed E-state index contributed by atoms with van der Waals surface area (Å²) in [4.78, 5) is 21.2. The van der Waals surface area contributed by atoms with Crippen LogP contribution in [0, 0.1) is 0 Å². The molecule has 0 fully saturated rings. The van der Waals surface area contributed by atoms with Gasteiger partial charge in [0.1, 0.15) is 5.56 Å². The first-order valence-corrected chi connectivity index (χ1v) is 12.7. The van der Waals surface area contributed by atoms with Crippen LogP contribution >= 0.6 is 7.37 Å². The van der Waals surface area contributed by atoms with Gasteiger partial charge in [0.2, 0.25) is 13.2 Å². The van der Waals surface area contributed by atoms with E-state index in [-0.39, 0.29) is 11.5 Å². The van der Waals surface area contributed by atoms with Crippen LogP contribution in [0.25, 0.3) is 5.95 Å². The Morgan fingerprint density at radius 2 is 1.71 bits per heavy atom. The van der Waals surface area contributed by atoms with Gasteiger partial charge >= 0.3 is 0 Å². The second-order valence-corrected chi connectivity index (χ2v) is 10.0. The molecule has 0 bridgehead atoms. The molecule has 1 amide bonds. The number of carbonyl (C=O) groups excluding carboxylic acids is 1. The molecule has 174 valence electrons. The lowest BCUT2D eigenvalue weighted by Gasteiger charge is -2.20. The summed E-state index contributed by atoms with van der Waals surface area (Å²) in [5.41, 5.74) is 1.70. The second-order valence-electron chi connectivity index (χ2n) is 7.54. The third-order valence-electron chi connectivity index (χ3n) is 5.16. The van der Waals surface area contributed by atoms with E-state index in [2.05, 4.69) is 20.4 Å². The Morgan fingerprint density at radius 3 is 2.26 bits per heavy atom. The summed E-state index contributed by atoms with van der Waals surface area (Å²) in [7, 11) is -3.02. The van der Waals surface area contributed by atoms with Crippen LogP contribution in [-0.4, -0.2) is 44.0 Å². The van der Waals surface area contributed by atoms with Crippen molar-refractivity contribution in [2.45, 2.75) is 13.0 Å². The minimum atomic E-state index is -3.02. The molecule has 0 aliphatic heterocycles. The predicted molar refractivity (Wildman–Crippen MR) is 128 cm³/mol. The fraction of sp³-hybridized carbons (Fsp3) is 0.167. The molecule has 4 aromatic rings. The van der Waals surface area contributed by atoms with Gasteiger partial charge in [-0.05, 0) is 18.1 Å². The van der Waals surface area contributed by atoms with Crippen LogP contribution in [-0.2, 0) is 9.09 Å². The molecule has 0 spiro atoms. The lowest BCUT2D eigenvalue weighted by molar-refractivity contribution is 0.0939. The molecular weight excluding hydrogens is 453 g/mol. The maximum Gasteiger partial charge on any atom is 0.259 e. The zero-order chi connectivity index (χ0) is 24.1. The lowest BCUT2D eigenvalue weighted by Crippen LogP contribution is -2.29. The molecule has 34 heavy (non-hydrogen) atoms. The van der Waals surface area contributed by atoms with E-state index in [9.17, 15) is 14.5 Å². The molecule has 4 rings (SSSR count). The Balaban J connectivity index is 1.59. The van der Waals surface area contributed by atoms with Crippen LogP contribution < -0.4 is 10.6 Å². The fourth-order valence-corrected chi connectivity index (χ4v) is 4.67. The quantitative estimate of drug-likeness (QED) is 0.373. The largest absolute Gasteiger partial charge is 0.493 e. The Hall–Kier alpha value is -3.81. The first-order chi connectivity index (χ1) is 16.4. The molecule has 1 atom stereocenters. The smallest absolute Gasteiger partial charge is 0.259 e. The third kappa shape index (κ3) is 5.06. The summed E-state index contributed by atoms with van der Waals surface area (Å²) in [5, 5.41) is 17.9. The molecule has 0 aliphatic carbocycles. The van der Waals surface area contributed by atoms with Gasteiger partial charge in [0.05, 0.1) is 24.2 Å². The molecule has 10 heteroatoms. The van der Waals surface area contributed by atoms with Gasteiger partial charge < -0.3 is 14.9 Å². The van der Waals surface area contributed by atoms with Crippen LogP contribution in [0.3, 0.4) is 0 Å². The van der Waals surface area contributed by atoms with Gasteiger partial charge in [-0.1, -0.05) is 60.7 Å². The van der Waals surface area contributed by atoms with E-state index in [0.29, 0.717) is 11.9 Å². The standard InChI is InChI=1S/C24H24N5O4P/c1-3-33-34(2,32)19-14-26-29(16-19)24-25-15-20(23(31)28-24)22(30)27-21(17-10-6-4-7-11-17)18-12-8-5-9-13-18/h4-16,21H,3H2,1-2H3,(H,27,30)(H,25,28,31). The van der Waals surface area contributed by atoms with Crippen molar-refractivity contribution >= 4 is 18.6 Å². The van der Waals surface area contributed by atoms with E-state index in [0.717, 1.165) is 11.1 Å². The summed E-state index contributed by atoms with van der Waals surface area (Å²) in [6.07, 6.45) is 4.11. The monoisotopic (exact) mass is 477 g/mol. The van der Waals surface area contributed by atoms with Crippen molar-refractivity contribution in [1.29, 1.82) is 0 Å². The van der Waals surface area contributed by atoms with E-state index in [4.69, 9.17) is 4.52 Å². The molecular formula is C24H24N5O4P. The van der Waals surface area contributed by atoms with Crippen LogP contribution in [0.1, 0.15) is 34.5 Å². The predicted octanol–water partition coefficient (Wildman–Crippen LogP) is 3.46. The van der Waals surface area contributed by atoms with Crippen molar-refractivity contribution in [3.05, 3.63) is 95.9 Å². The van der Waals surface area contributed by atoms with E-state index >= 15 is 0 Å². The van der Waals surface area contributed by atoms with Crippen molar-refractivity contribution in [1.82, 2.24) is 25.1 Å². The van der Waals surface area contributed by atoms with Gasteiger partial charge in [-0.3, -0.25) is 9.36 Å². The normalized spacial score (nSPS) is 12.9. The summed E-state index contributed by atoms with van der Waals surface area (Å²) < 4.78 is 19.2. The van der Waals surface area contributed by atoms with Gasteiger partial charge in [-0.25, -0.2) is 9.67 Å². The van der Waals surface area contributed by atoms with Crippen LogP contribution in [0.15, 0.2) is 79.3 Å². The number of aromatic nitrogens is 4. The van der Waals surface area contributed by atoms with Gasteiger partial charge in [0.15, 0.2) is 0 Å². The maximum atomic E-state index is 13.1. The van der Waals surface area contributed by atoms with E-state index in [1.54, 1.807) is 6.92 Å². The Morgan fingerprint density at radius 1 is 1.09 bits per heavy atom. The van der Waals surface area contributed by atoms with E-state index < -0.39 is 25.2 Å². The van der Waals surface area contributed by atoms with Crippen LogP contribution in [0.4, 0.5) is 0 Å². The Bertz CT molecular complexity index is 1290. The molecule has 1 unspecified atom stereocenters. The number of aromatic hydroxyl groups is 1. The Kier molecular flexibility index (Phi) is 6.86. The SMILES string of the molecule is CCOP(C)(=O)c1cnn(-c2ncc(C(=O)NC(c3ccccc3)c3ccccc3)c(O)n2)c1. The average Bonchev–Trinajstić information content (AvgIpc) is 3.35. The van der Waals surface area contributed by atoms with Gasteiger partial charge in [-0.15, -0.1) is 0 Å². The minimum absolute atomic E-state index is 0.0273. The molecule has 9 nitrogen and oxygen atoms in total. The highest BCUT2D eigenvalue weighted by atomic mass is 31.2. The highest BCUT2D eigenvalue weighted by Crippen LogP contribution is 2.40. The van der Waals surface area contributed by atoms with Crippen molar-refractivity contribution in [3.8, 4) is 11.8 Å². The third-order valence-corrected chi connectivity index (χ3v) is 7.08. The van der Waals surface area contributed by atoms with E-state index in [1.165, 1.54) is 29.9 Å². The van der Waals surface area contributed by atoms with Crippen LogP contribution in [0.2, 0.25) is 0 Å². The van der Waals surface area contributed by atoms with Gasteiger partial charge in [-0.2, -0.15) is 10.1 Å². The molecule has 0 radical (unpaired) electrons. The van der Waals surface area contributed by atoms with Crippen molar-refractivity contribution in [2.24, 2.45) is 0 Å². The first-order valence-electron chi connectivity index (χ1n) is 10.6. The molecule has 0 saturated carbocycles. The number of hydrogen-bond donors (Lipinski definition) is 2. The van der Waals surface area contributed by atoms with Gasteiger partial charge in [0, 0.05) is 19.1 Å². The molecule has 0 saturated heterocycles. The fourth-order valence-electron chi connectivity index (χ4n) is 3.45. The molecule has 2 aromatic carbocycles. The first kappa shape index (κ1) is 23.4. The number of carbonyl (C=O) groups is 1. The average molecular weight is 477 g/mol. The zero-order valence-electron chi connectivity index (χ0n) is 18.7. The summed E-state index contributed by atoms with van der Waals surface area (Å²) in [6, 6.07) is 18.6. The van der Waals surface area contributed by atoms with Crippen LogP contribution in [0.5, 0.6) is 5.88 Å². The minimum Gasteiger partial charge on any atom is -0.493 e. The second kappa shape index (κ2) is 9.99. The number of hydrogen-bond acceptors (Lipinski definition) is 7. The summed E-state index contributed by atoms with van der Waals surface area (Å²) in [6.45, 7) is 3.55. The highest BCUT2D eigenvalue weighted by molar-refractivity contribution is 7.66. The van der Waals surface area contributed by atoms with Gasteiger partial charge in [0.25, 0.3) is 11.9 Å². The van der Waals surface area contributed by atoms with E-state index in [1.807, 2.05) is 60.7 Å². The number of nitrogens with one attached hydrogen (secondary N) is 1. The number of rotatable bonds is 8. The van der Waals surface area contributed by atoms with Crippen molar-refractivity contribution in [2.75, 3.05) is 13.3 Å². The molecule has 0 aliphatic rings. The molecule has 2 N–H and O–H groups in total. The highest BCUT2D eigenvalue weighted by Gasteiger charge is 2.23. The van der Waals surface area contributed by atoms with Crippen molar-refractivity contribution in [3.63, 3.8) is 0 Å². The molecule has 2 heterocycles. The number of benzene rings is 2. The topological polar surface area (TPSA) is 119 Å². The lowest BCUT2D eigenvalue weighted by atomic mass is 9.98. The summed E-state index contributed by atoms with van der Waals surface area (Å²) >= 11 is 0. The summed E-state index contributed by atoms with van der Waals surface area (Å²) in [5.74, 6) is -0.999. The van der Waals surface area contributed by atoms with Crippen molar-refractivity contribution < 1.29 is 19.0 Å². The number of amides is 1. The Labute approximate surface area is 196 Å².